The van der Waals surface area contributed by atoms with Gasteiger partial charge in [0.25, 0.3) is 0 Å². The number of hydrogen-bond donors (Lipinski definition) is 1. The third-order valence-electron chi connectivity index (χ3n) is 5.75. The number of esters is 1. The molecule has 0 aromatic heterocycles. The van der Waals surface area contributed by atoms with Gasteiger partial charge in [-0.05, 0) is 60.4 Å². The number of aliphatic hydroxyl groups excluding tert-OH is 1. The van der Waals surface area contributed by atoms with E-state index in [1.807, 2.05) is 30.3 Å². The molecule has 3 atom stereocenters. The van der Waals surface area contributed by atoms with E-state index in [1.54, 1.807) is 24.3 Å². The fourth-order valence-corrected chi connectivity index (χ4v) is 4.05. The van der Waals surface area contributed by atoms with Crippen molar-refractivity contribution in [3.05, 3.63) is 101 Å². The molecule has 1 aliphatic heterocycles. The first-order chi connectivity index (χ1) is 16.0. The number of methoxy groups -OCH3 is 1. The van der Waals surface area contributed by atoms with E-state index < -0.39 is 36.1 Å². The summed E-state index contributed by atoms with van der Waals surface area (Å²) in [4.78, 5) is 26.1. The Hall–Kier alpha value is -3.71. The van der Waals surface area contributed by atoms with Crippen LogP contribution in [0.5, 0.6) is 0 Å². The number of carbonyl (C=O) groups is 2. The second-order valence-electron chi connectivity index (χ2n) is 7.84. The summed E-state index contributed by atoms with van der Waals surface area (Å²) in [6.07, 6.45) is -1.43. The molecule has 3 aromatic carbocycles. The molecule has 7 heteroatoms. The summed E-state index contributed by atoms with van der Waals surface area (Å²) in [6.45, 7) is 0. The number of anilines is 1. The number of nitrogens with zero attached hydrogens (tertiary/aromatic N) is 1. The standard InChI is InChI=1S/C26H24FNO5/c1-32-25(30)19-10-8-18(9-11-19)23-24(22(29)16-7-17-5-3-2-4-6-17)33-26(31)28(23)21-14-12-20(27)13-15-21/h2-6,8-15,22-24,29H,7,16H2,1H3/t22-,23-,24-/m1/s1. The predicted octanol–water partition coefficient (Wildman–Crippen LogP) is 4.67. The summed E-state index contributed by atoms with van der Waals surface area (Å²) in [5, 5.41) is 11.0. The van der Waals surface area contributed by atoms with E-state index in [9.17, 15) is 19.1 Å². The van der Waals surface area contributed by atoms with E-state index in [-0.39, 0.29) is 0 Å². The van der Waals surface area contributed by atoms with Gasteiger partial charge in [-0.2, -0.15) is 0 Å². The van der Waals surface area contributed by atoms with Crippen molar-refractivity contribution in [1.29, 1.82) is 0 Å². The van der Waals surface area contributed by atoms with Gasteiger partial charge in [0.2, 0.25) is 0 Å². The van der Waals surface area contributed by atoms with E-state index in [1.165, 1.54) is 36.3 Å². The van der Waals surface area contributed by atoms with E-state index in [4.69, 9.17) is 9.47 Å². The normalized spacial score (nSPS) is 18.6. The molecule has 1 saturated heterocycles. The number of cyclic esters (lactones) is 1. The Bertz CT molecular complexity index is 1100. The zero-order valence-electron chi connectivity index (χ0n) is 18.1. The number of rotatable bonds is 7. The molecule has 4 rings (SSSR count). The lowest BCUT2D eigenvalue weighted by Gasteiger charge is -2.27. The Morgan fingerprint density at radius 2 is 1.73 bits per heavy atom. The van der Waals surface area contributed by atoms with Gasteiger partial charge in [0.1, 0.15) is 11.9 Å². The number of amides is 1. The molecule has 0 unspecified atom stereocenters. The van der Waals surface area contributed by atoms with Gasteiger partial charge >= 0.3 is 12.1 Å². The highest BCUT2D eigenvalue weighted by Crippen LogP contribution is 2.39. The molecule has 3 aromatic rings. The first-order valence-electron chi connectivity index (χ1n) is 10.6. The summed E-state index contributed by atoms with van der Waals surface area (Å²) in [7, 11) is 1.30. The van der Waals surface area contributed by atoms with E-state index in [0.717, 1.165) is 5.56 Å². The lowest BCUT2D eigenvalue weighted by molar-refractivity contribution is 0.0146. The van der Waals surface area contributed by atoms with Crippen LogP contribution in [0.15, 0.2) is 78.9 Å². The van der Waals surface area contributed by atoms with Crippen LogP contribution in [-0.4, -0.2) is 36.5 Å². The molecule has 1 heterocycles. The van der Waals surface area contributed by atoms with Crippen LogP contribution < -0.4 is 4.90 Å². The Labute approximate surface area is 191 Å². The van der Waals surface area contributed by atoms with Crippen molar-refractivity contribution in [2.24, 2.45) is 0 Å². The van der Waals surface area contributed by atoms with E-state index >= 15 is 0 Å². The second-order valence-corrected chi connectivity index (χ2v) is 7.84. The topological polar surface area (TPSA) is 76.1 Å². The molecule has 1 aliphatic rings. The molecule has 0 radical (unpaired) electrons. The average molecular weight is 449 g/mol. The van der Waals surface area contributed by atoms with Gasteiger partial charge < -0.3 is 14.6 Å². The summed E-state index contributed by atoms with van der Waals surface area (Å²) in [5.74, 6) is -0.903. The number of carbonyl (C=O) groups excluding carboxylic acids is 2. The highest BCUT2D eigenvalue weighted by Gasteiger charge is 2.46. The monoisotopic (exact) mass is 449 g/mol. The van der Waals surface area contributed by atoms with Gasteiger partial charge in [0.05, 0.1) is 18.8 Å². The van der Waals surface area contributed by atoms with Crippen molar-refractivity contribution in [2.45, 2.75) is 31.1 Å². The maximum atomic E-state index is 13.5. The van der Waals surface area contributed by atoms with Crippen LogP contribution in [-0.2, 0) is 15.9 Å². The summed E-state index contributed by atoms with van der Waals surface area (Å²) < 4.78 is 23.9. The number of hydrogen-bond acceptors (Lipinski definition) is 5. The number of aryl methyl sites for hydroxylation is 1. The number of benzene rings is 3. The van der Waals surface area contributed by atoms with Gasteiger partial charge in [-0.1, -0.05) is 42.5 Å². The molecular weight excluding hydrogens is 425 g/mol. The van der Waals surface area contributed by atoms with Gasteiger partial charge in [0.15, 0.2) is 6.10 Å². The van der Waals surface area contributed by atoms with Gasteiger partial charge in [-0.3, -0.25) is 4.90 Å². The molecule has 1 N–H and O–H groups in total. The SMILES string of the molecule is COC(=O)c1ccc([C@@H]2[C@@H]([C@H](O)CCc3ccccc3)OC(=O)N2c2ccc(F)cc2)cc1. The molecule has 6 nitrogen and oxygen atoms in total. The molecule has 1 fully saturated rings. The van der Waals surface area contributed by atoms with Gasteiger partial charge in [0, 0.05) is 5.69 Å². The Kier molecular flexibility index (Phi) is 6.70. The first-order valence-corrected chi connectivity index (χ1v) is 10.6. The van der Waals surface area contributed by atoms with Crippen molar-refractivity contribution in [2.75, 3.05) is 12.0 Å². The maximum absolute atomic E-state index is 13.5. The minimum absolute atomic E-state index is 0.362. The fourth-order valence-electron chi connectivity index (χ4n) is 4.05. The highest BCUT2D eigenvalue weighted by atomic mass is 19.1. The molecule has 33 heavy (non-hydrogen) atoms. The maximum Gasteiger partial charge on any atom is 0.415 e. The van der Waals surface area contributed by atoms with Crippen LogP contribution in [0.3, 0.4) is 0 Å². The lowest BCUT2D eigenvalue weighted by Crippen LogP contribution is -2.35. The third-order valence-corrected chi connectivity index (χ3v) is 5.75. The summed E-state index contributed by atoms with van der Waals surface area (Å²) >= 11 is 0. The Balaban J connectivity index is 1.65. The van der Waals surface area contributed by atoms with Crippen molar-refractivity contribution in [1.82, 2.24) is 0 Å². The molecule has 0 aliphatic carbocycles. The van der Waals surface area contributed by atoms with Crippen LogP contribution in [0.25, 0.3) is 0 Å². The molecule has 0 spiro atoms. The third kappa shape index (κ3) is 4.88. The summed E-state index contributed by atoms with van der Waals surface area (Å²) in [6, 6.07) is 21.2. The van der Waals surface area contributed by atoms with Crippen LogP contribution in [0.1, 0.15) is 33.9 Å². The van der Waals surface area contributed by atoms with E-state index in [2.05, 4.69) is 0 Å². The predicted molar refractivity (Wildman–Crippen MR) is 120 cm³/mol. The lowest BCUT2D eigenvalue weighted by atomic mass is 9.93. The summed E-state index contributed by atoms with van der Waals surface area (Å²) in [5.41, 5.74) is 2.54. The smallest absolute Gasteiger partial charge is 0.415 e. The Morgan fingerprint density at radius 1 is 1.06 bits per heavy atom. The van der Waals surface area contributed by atoms with Crippen molar-refractivity contribution < 1.29 is 28.6 Å². The fraction of sp³-hybridized carbons (Fsp3) is 0.231. The average Bonchev–Trinajstić information content (AvgIpc) is 3.20. The zero-order valence-corrected chi connectivity index (χ0v) is 18.1. The molecular formula is C26H24FNO5. The number of halogens is 1. The molecule has 170 valence electrons. The quantitative estimate of drug-likeness (QED) is 0.531. The number of aliphatic hydroxyl groups is 1. The van der Waals surface area contributed by atoms with Gasteiger partial charge in [-0.25, -0.2) is 14.0 Å². The first kappa shape index (κ1) is 22.5. The minimum atomic E-state index is -0.940. The molecule has 0 saturated carbocycles. The van der Waals surface area contributed by atoms with Crippen molar-refractivity contribution >= 4 is 17.7 Å². The Morgan fingerprint density at radius 3 is 2.36 bits per heavy atom. The highest BCUT2D eigenvalue weighted by molar-refractivity contribution is 5.92. The number of ether oxygens (including phenoxy) is 2. The zero-order chi connectivity index (χ0) is 23.4. The second kappa shape index (κ2) is 9.83. The van der Waals surface area contributed by atoms with Gasteiger partial charge in [-0.15, -0.1) is 0 Å². The largest absolute Gasteiger partial charge is 0.465 e. The van der Waals surface area contributed by atoms with Crippen molar-refractivity contribution in [3.8, 4) is 0 Å². The van der Waals surface area contributed by atoms with Crippen LogP contribution in [0.4, 0.5) is 14.9 Å². The minimum Gasteiger partial charge on any atom is -0.465 e. The molecule has 0 bridgehead atoms. The van der Waals surface area contributed by atoms with Crippen LogP contribution >= 0.6 is 0 Å². The van der Waals surface area contributed by atoms with Crippen LogP contribution in [0, 0.1) is 5.82 Å². The molecule has 1 amide bonds. The van der Waals surface area contributed by atoms with E-state index in [0.29, 0.717) is 29.7 Å². The van der Waals surface area contributed by atoms with Crippen molar-refractivity contribution in [3.63, 3.8) is 0 Å². The van der Waals surface area contributed by atoms with Crippen LogP contribution in [0.2, 0.25) is 0 Å².